The molecule has 0 saturated heterocycles. The number of hydrogen-bond donors (Lipinski definition) is 0. The third-order valence-corrected chi connectivity index (χ3v) is 3.18. The molecule has 3 nitrogen and oxygen atoms in total. The van der Waals surface area contributed by atoms with Gasteiger partial charge in [0.05, 0.1) is 13.5 Å². The van der Waals surface area contributed by atoms with E-state index in [1.807, 2.05) is 20.8 Å². The fraction of sp³-hybridized carbons (Fsp3) is 0.857. The Balaban J connectivity index is 0. The van der Waals surface area contributed by atoms with E-state index < -0.39 is 5.41 Å². The molecule has 0 bridgehead atoms. The van der Waals surface area contributed by atoms with E-state index in [0.717, 1.165) is 19.3 Å². The summed E-state index contributed by atoms with van der Waals surface area (Å²) in [5.41, 5.74) is -0.792. The summed E-state index contributed by atoms with van der Waals surface area (Å²) in [7, 11) is 1.37. The van der Waals surface area contributed by atoms with E-state index in [0.29, 0.717) is 0 Å². The summed E-state index contributed by atoms with van der Waals surface area (Å²) in [4.78, 5) is 23.5. The first-order valence-corrected chi connectivity index (χ1v) is 5.43. The maximum absolute atomic E-state index is 12.2. The van der Waals surface area contributed by atoms with E-state index >= 15 is 0 Å². The first-order chi connectivity index (χ1) is 6.82. The van der Waals surface area contributed by atoms with Crippen molar-refractivity contribution in [2.75, 3.05) is 7.11 Å². The summed E-state index contributed by atoms with van der Waals surface area (Å²) in [5, 5.41) is 0. The van der Waals surface area contributed by atoms with Gasteiger partial charge in [0.25, 0.3) is 0 Å². The maximum atomic E-state index is 12.2. The molecule has 0 N–H and O–H groups in total. The third kappa shape index (κ3) is 3.83. The van der Waals surface area contributed by atoms with Crippen LogP contribution in [0.4, 0.5) is 0 Å². The molecule has 1 aliphatic rings. The number of methoxy groups -OCH3 is 1. The molecule has 17 heavy (non-hydrogen) atoms. The molecule has 0 spiro atoms. The number of hydrogen-bond acceptors (Lipinski definition) is 3. The largest absolute Gasteiger partial charge is 0.469 e. The monoisotopic (exact) mass is 244 g/mol. The van der Waals surface area contributed by atoms with Crippen molar-refractivity contribution in [3.05, 3.63) is 0 Å². The number of carbonyl (C=O) groups excluding carboxylic acids is 2. The zero-order valence-electron chi connectivity index (χ0n) is 10.1. The molecule has 0 aromatic heterocycles. The molecule has 1 saturated carbocycles. The average molecular weight is 244 g/mol. The molecule has 0 aromatic rings. The Kier molecular flexibility index (Phi) is 6.72. The van der Waals surface area contributed by atoms with Gasteiger partial charge in [0.15, 0.2) is 0 Å². The van der Waals surface area contributed by atoms with Crippen LogP contribution in [0, 0.1) is 10.8 Å². The second-order valence-corrected chi connectivity index (χ2v) is 5.47. The standard InChI is InChI=1S/C12H20O3.2CH4/c1-11(2,3)10(14)12(6-5-7-12)8-9(13)15-4;;/h5-8H2,1-4H3;2*1H4. The van der Waals surface area contributed by atoms with Gasteiger partial charge in [0.1, 0.15) is 5.78 Å². The van der Waals surface area contributed by atoms with Gasteiger partial charge >= 0.3 is 5.97 Å². The van der Waals surface area contributed by atoms with Gasteiger partial charge in [-0.15, -0.1) is 0 Å². The molecule has 0 radical (unpaired) electrons. The zero-order valence-corrected chi connectivity index (χ0v) is 10.1. The Labute approximate surface area is 106 Å². The number of Topliss-reactive ketones (excluding diaryl/α,β-unsaturated/α-hetero) is 1. The molecule has 0 amide bonds. The van der Waals surface area contributed by atoms with Gasteiger partial charge in [0, 0.05) is 10.8 Å². The lowest BCUT2D eigenvalue weighted by Crippen LogP contribution is -2.45. The van der Waals surface area contributed by atoms with E-state index in [9.17, 15) is 9.59 Å². The van der Waals surface area contributed by atoms with Gasteiger partial charge in [0.2, 0.25) is 0 Å². The molecule has 3 heteroatoms. The second kappa shape index (κ2) is 6.18. The van der Waals surface area contributed by atoms with Gasteiger partial charge in [-0.25, -0.2) is 0 Å². The first-order valence-electron chi connectivity index (χ1n) is 5.43. The minimum Gasteiger partial charge on any atom is -0.469 e. The van der Waals surface area contributed by atoms with Crippen LogP contribution in [0.25, 0.3) is 0 Å². The van der Waals surface area contributed by atoms with Crippen LogP contribution >= 0.6 is 0 Å². The zero-order chi connectivity index (χ0) is 11.7. The van der Waals surface area contributed by atoms with Crippen LogP contribution in [0.1, 0.15) is 61.3 Å². The maximum Gasteiger partial charge on any atom is 0.306 e. The van der Waals surface area contributed by atoms with Crippen LogP contribution in [0.2, 0.25) is 0 Å². The lowest BCUT2D eigenvalue weighted by atomic mass is 9.59. The smallest absolute Gasteiger partial charge is 0.306 e. The summed E-state index contributed by atoms with van der Waals surface area (Å²) < 4.78 is 4.65. The van der Waals surface area contributed by atoms with E-state index in [1.165, 1.54) is 7.11 Å². The van der Waals surface area contributed by atoms with E-state index in [-0.39, 0.29) is 38.4 Å². The Morgan fingerprint density at radius 2 is 1.65 bits per heavy atom. The van der Waals surface area contributed by atoms with Crippen molar-refractivity contribution < 1.29 is 14.3 Å². The summed E-state index contributed by atoms with van der Waals surface area (Å²) >= 11 is 0. The van der Waals surface area contributed by atoms with E-state index in [1.54, 1.807) is 0 Å². The van der Waals surface area contributed by atoms with Crippen molar-refractivity contribution >= 4 is 11.8 Å². The van der Waals surface area contributed by atoms with Gasteiger partial charge in [-0.3, -0.25) is 9.59 Å². The Morgan fingerprint density at radius 1 is 1.18 bits per heavy atom. The summed E-state index contributed by atoms with van der Waals surface area (Å²) in [6, 6.07) is 0. The van der Waals surface area contributed by atoms with Gasteiger partial charge in [-0.1, -0.05) is 42.0 Å². The van der Waals surface area contributed by atoms with Crippen molar-refractivity contribution in [3.8, 4) is 0 Å². The van der Waals surface area contributed by atoms with Crippen LogP contribution in [-0.4, -0.2) is 18.9 Å². The molecule has 0 aliphatic heterocycles. The predicted molar refractivity (Wildman–Crippen MR) is 70.8 cm³/mol. The number of ketones is 1. The lowest BCUT2D eigenvalue weighted by molar-refractivity contribution is -0.154. The first kappa shape index (κ1) is 18.5. The highest BCUT2D eigenvalue weighted by atomic mass is 16.5. The van der Waals surface area contributed by atoms with Crippen molar-refractivity contribution in [2.24, 2.45) is 10.8 Å². The Hall–Kier alpha value is -0.860. The number of rotatable bonds is 3. The normalized spacial score (nSPS) is 16.9. The van der Waals surface area contributed by atoms with Gasteiger partial charge in [-0.2, -0.15) is 0 Å². The quantitative estimate of drug-likeness (QED) is 0.712. The van der Waals surface area contributed by atoms with Crippen LogP contribution in [-0.2, 0) is 14.3 Å². The predicted octanol–water partition coefficient (Wildman–Crippen LogP) is 3.61. The number of esters is 1. The topological polar surface area (TPSA) is 43.4 Å². The molecule has 0 unspecified atom stereocenters. The number of carbonyl (C=O) groups is 2. The molecular formula is C14H28O3. The average Bonchev–Trinajstić information content (AvgIpc) is 2.08. The fourth-order valence-corrected chi connectivity index (χ4v) is 2.23. The van der Waals surface area contributed by atoms with E-state index in [4.69, 9.17) is 0 Å². The molecular weight excluding hydrogens is 216 g/mol. The summed E-state index contributed by atoms with van der Waals surface area (Å²) in [5.74, 6) is -0.0704. The van der Waals surface area contributed by atoms with Gasteiger partial charge in [-0.05, 0) is 12.8 Å². The van der Waals surface area contributed by atoms with Crippen LogP contribution < -0.4 is 0 Å². The minimum absolute atomic E-state index is 0. The van der Waals surface area contributed by atoms with Crippen molar-refractivity contribution in [1.82, 2.24) is 0 Å². The van der Waals surface area contributed by atoms with Crippen molar-refractivity contribution in [2.45, 2.75) is 61.3 Å². The van der Waals surface area contributed by atoms with Crippen LogP contribution in [0.5, 0.6) is 0 Å². The fourth-order valence-electron chi connectivity index (χ4n) is 2.23. The van der Waals surface area contributed by atoms with E-state index in [2.05, 4.69) is 4.74 Å². The number of ether oxygens (including phenoxy) is 1. The highest BCUT2D eigenvalue weighted by Crippen LogP contribution is 2.48. The van der Waals surface area contributed by atoms with Crippen LogP contribution in [0.3, 0.4) is 0 Å². The highest BCUT2D eigenvalue weighted by Gasteiger charge is 2.49. The SMILES string of the molecule is C.C.COC(=O)CC1(C(=O)C(C)(C)C)CCC1. The van der Waals surface area contributed by atoms with Crippen LogP contribution in [0.15, 0.2) is 0 Å². The molecule has 0 atom stereocenters. The lowest BCUT2D eigenvalue weighted by Gasteiger charge is -2.43. The van der Waals surface area contributed by atoms with Crippen molar-refractivity contribution in [3.63, 3.8) is 0 Å². The molecule has 1 aliphatic carbocycles. The third-order valence-electron chi connectivity index (χ3n) is 3.18. The highest BCUT2D eigenvalue weighted by molar-refractivity contribution is 5.93. The molecule has 1 fully saturated rings. The molecule has 0 heterocycles. The molecule has 1 rings (SSSR count). The molecule has 102 valence electrons. The van der Waals surface area contributed by atoms with Gasteiger partial charge < -0.3 is 4.74 Å². The minimum atomic E-state index is -0.425. The Bertz CT molecular complexity index is 270. The van der Waals surface area contributed by atoms with Crippen molar-refractivity contribution in [1.29, 1.82) is 0 Å². The molecule has 0 aromatic carbocycles. The Morgan fingerprint density at radius 3 is 1.88 bits per heavy atom. The second-order valence-electron chi connectivity index (χ2n) is 5.47. The summed E-state index contributed by atoms with van der Waals surface area (Å²) in [6.07, 6.45) is 2.95. The summed E-state index contributed by atoms with van der Waals surface area (Å²) in [6.45, 7) is 5.73.